The lowest BCUT2D eigenvalue weighted by Gasteiger charge is -2.19. The van der Waals surface area contributed by atoms with Crippen LogP contribution in [0.4, 0.5) is 0 Å². The van der Waals surface area contributed by atoms with Gasteiger partial charge in [-0.2, -0.15) is 5.10 Å². The first-order valence-electron chi connectivity index (χ1n) is 12.7. The maximum atomic E-state index is 13.9. The van der Waals surface area contributed by atoms with Crippen molar-refractivity contribution >= 4 is 27.4 Å². The van der Waals surface area contributed by atoms with Gasteiger partial charge in [0.05, 0.1) is 22.3 Å². The summed E-state index contributed by atoms with van der Waals surface area (Å²) in [6.45, 7) is 0. The van der Waals surface area contributed by atoms with Gasteiger partial charge in [-0.1, -0.05) is 103 Å². The topological polar surface area (TPSA) is 59.3 Å². The maximum absolute atomic E-state index is 13.9. The van der Waals surface area contributed by atoms with E-state index in [9.17, 15) is 4.79 Å². The van der Waals surface area contributed by atoms with E-state index in [1.807, 2.05) is 72.8 Å². The normalized spacial score (nSPS) is 14.9. The van der Waals surface area contributed by atoms with Crippen molar-refractivity contribution in [2.75, 3.05) is 0 Å². The number of hydrogen-bond donors (Lipinski definition) is 1. The molecule has 0 spiro atoms. The summed E-state index contributed by atoms with van der Waals surface area (Å²) in [5.41, 5.74) is 9.06. The van der Waals surface area contributed by atoms with Crippen LogP contribution in [0.3, 0.4) is 0 Å². The molecule has 6 aromatic rings. The van der Waals surface area contributed by atoms with Crippen molar-refractivity contribution in [3.8, 4) is 16.8 Å². The molecule has 0 amide bonds. The molecule has 5 nitrogen and oxygen atoms in total. The lowest BCUT2D eigenvalue weighted by atomic mass is 9.99. The van der Waals surface area contributed by atoms with Crippen molar-refractivity contribution in [2.45, 2.75) is 12.5 Å². The molecular formula is C33H24N4O. The Balaban J connectivity index is 1.30. The van der Waals surface area contributed by atoms with Crippen molar-refractivity contribution < 1.29 is 0 Å². The zero-order chi connectivity index (χ0) is 25.5. The van der Waals surface area contributed by atoms with Crippen molar-refractivity contribution in [3.63, 3.8) is 0 Å². The number of hydrogen-bond acceptors (Lipinski definition) is 4. The first-order valence-corrected chi connectivity index (χ1v) is 12.7. The number of para-hydroxylation sites is 1. The Bertz CT molecular complexity index is 1880. The number of nitrogens with zero attached hydrogens (tertiary/aromatic N) is 3. The Morgan fingerprint density at radius 1 is 0.658 bits per heavy atom. The van der Waals surface area contributed by atoms with Crippen LogP contribution in [-0.4, -0.2) is 15.3 Å². The van der Waals surface area contributed by atoms with Crippen LogP contribution in [0.2, 0.25) is 0 Å². The van der Waals surface area contributed by atoms with Crippen molar-refractivity contribution in [2.24, 2.45) is 5.10 Å². The first kappa shape index (κ1) is 22.2. The second-order valence-corrected chi connectivity index (χ2v) is 9.51. The van der Waals surface area contributed by atoms with Gasteiger partial charge in [0.2, 0.25) is 0 Å². The van der Waals surface area contributed by atoms with Gasteiger partial charge in [0, 0.05) is 11.8 Å². The average Bonchev–Trinajstić information content (AvgIpc) is 3.48. The molecule has 0 saturated carbocycles. The van der Waals surface area contributed by atoms with E-state index in [0.717, 1.165) is 27.7 Å². The summed E-state index contributed by atoms with van der Waals surface area (Å²) in [4.78, 5) is 18.9. The molecule has 0 saturated heterocycles. The van der Waals surface area contributed by atoms with Gasteiger partial charge in [-0.15, -0.1) is 0 Å². The maximum Gasteiger partial charge on any atom is 0.266 e. The Morgan fingerprint density at radius 3 is 2.16 bits per heavy atom. The molecule has 2 heterocycles. The minimum Gasteiger partial charge on any atom is -0.299 e. The molecule has 1 aliphatic heterocycles. The molecule has 0 aliphatic carbocycles. The summed E-state index contributed by atoms with van der Waals surface area (Å²) in [6.07, 6.45) is 0.625. The van der Waals surface area contributed by atoms with Crippen LogP contribution in [0.1, 0.15) is 23.9 Å². The first-order chi connectivity index (χ1) is 18.8. The predicted octanol–water partition coefficient (Wildman–Crippen LogP) is 6.64. The van der Waals surface area contributed by atoms with E-state index >= 15 is 0 Å². The zero-order valence-corrected chi connectivity index (χ0v) is 20.6. The highest BCUT2D eigenvalue weighted by Gasteiger charge is 2.27. The van der Waals surface area contributed by atoms with Crippen molar-refractivity contribution in [1.82, 2.24) is 15.0 Å². The van der Waals surface area contributed by atoms with E-state index in [1.165, 1.54) is 11.1 Å². The smallest absolute Gasteiger partial charge is 0.266 e. The molecule has 5 heteroatoms. The second kappa shape index (κ2) is 9.12. The average molecular weight is 493 g/mol. The standard InChI is InChI=1S/C33H24N4O/c38-33-27-14-6-7-15-28(27)34-32(37(33)31-16-8-12-24-11-4-5-13-26(24)31)30-21-29(35-36-30)25-19-17-23(18-20-25)22-9-2-1-3-10-22/h1-20,30,36H,21H2. The fraction of sp³-hybridized carbons (Fsp3) is 0.0606. The predicted molar refractivity (Wildman–Crippen MR) is 154 cm³/mol. The second-order valence-electron chi connectivity index (χ2n) is 9.51. The fourth-order valence-electron chi connectivity index (χ4n) is 5.28. The number of hydrazone groups is 1. The van der Waals surface area contributed by atoms with Crippen molar-refractivity contribution in [1.29, 1.82) is 0 Å². The quantitative estimate of drug-likeness (QED) is 0.300. The summed E-state index contributed by atoms with van der Waals surface area (Å²) in [5.74, 6) is 0.657. The monoisotopic (exact) mass is 492 g/mol. The van der Waals surface area contributed by atoms with Crippen molar-refractivity contribution in [3.05, 3.63) is 143 Å². The third-order valence-electron chi connectivity index (χ3n) is 7.20. The van der Waals surface area contributed by atoms with Crippen LogP contribution in [0.25, 0.3) is 38.5 Å². The molecule has 0 radical (unpaired) electrons. The van der Waals surface area contributed by atoms with E-state index < -0.39 is 0 Å². The molecule has 1 aliphatic rings. The van der Waals surface area contributed by atoms with E-state index in [-0.39, 0.29) is 11.6 Å². The van der Waals surface area contributed by atoms with E-state index in [0.29, 0.717) is 23.1 Å². The Hall–Kier alpha value is -5.03. The van der Waals surface area contributed by atoms with Gasteiger partial charge in [0.25, 0.3) is 5.56 Å². The van der Waals surface area contributed by atoms with E-state index in [2.05, 4.69) is 59.1 Å². The van der Waals surface area contributed by atoms with Crippen LogP contribution >= 0.6 is 0 Å². The van der Waals surface area contributed by atoms with Gasteiger partial charge < -0.3 is 0 Å². The number of nitrogens with one attached hydrogen (secondary N) is 1. The van der Waals surface area contributed by atoms with Gasteiger partial charge in [0.1, 0.15) is 11.9 Å². The van der Waals surface area contributed by atoms with Crippen LogP contribution in [0.5, 0.6) is 0 Å². The van der Waals surface area contributed by atoms with E-state index in [1.54, 1.807) is 4.57 Å². The molecule has 0 fully saturated rings. The fourth-order valence-corrected chi connectivity index (χ4v) is 5.28. The highest BCUT2D eigenvalue weighted by molar-refractivity contribution is 6.02. The van der Waals surface area contributed by atoms with Gasteiger partial charge in [-0.05, 0) is 40.3 Å². The molecule has 7 rings (SSSR count). The molecule has 1 aromatic heterocycles. The highest BCUT2D eigenvalue weighted by atomic mass is 16.1. The highest BCUT2D eigenvalue weighted by Crippen LogP contribution is 2.29. The molecule has 0 bridgehead atoms. The minimum atomic E-state index is -0.241. The van der Waals surface area contributed by atoms with Gasteiger partial charge >= 0.3 is 0 Å². The van der Waals surface area contributed by atoms with E-state index in [4.69, 9.17) is 4.98 Å². The molecule has 1 N–H and O–H groups in total. The Morgan fingerprint density at radius 2 is 1.32 bits per heavy atom. The van der Waals surface area contributed by atoms with Crippen LogP contribution in [-0.2, 0) is 0 Å². The molecular weight excluding hydrogens is 468 g/mol. The molecule has 1 atom stereocenters. The summed E-state index contributed by atoms with van der Waals surface area (Å²) in [6, 6.07) is 40.3. The van der Waals surface area contributed by atoms with Gasteiger partial charge in [-0.3, -0.25) is 14.8 Å². The van der Waals surface area contributed by atoms with Crippen LogP contribution < -0.4 is 11.0 Å². The minimum absolute atomic E-state index is 0.0792. The molecule has 38 heavy (non-hydrogen) atoms. The van der Waals surface area contributed by atoms with Gasteiger partial charge in [-0.25, -0.2) is 4.98 Å². The van der Waals surface area contributed by atoms with Gasteiger partial charge in [0.15, 0.2) is 0 Å². The summed E-state index contributed by atoms with van der Waals surface area (Å²) in [5, 5.41) is 7.36. The van der Waals surface area contributed by atoms with Crippen LogP contribution in [0.15, 0.2) is 131 Å². The molecule has 1 unspecified atom stereocenters. The summed E-state index contributed by atoms with van der Waals surface area (Å²) in [7, 11) is 0. The molecule has 5 aromatic carbocycles. The third-order valence-corrected chi connectivity index (χ3v) is 7.20. The SMILES string of the molecule is O=c1c2ccccc2nc(C2CC(c3ccc(-c4ccccc4)cc3)=NN2)n1-c1cccc2ccccc12. The largest absolute Gasteiger partial charge is 0.299 e. The lowest BCUT2D eigenvalue weighted by Crippen LogP contribution is -2.28. The zero-order valence-electron chi connectivity index (χ0n) is 20.6. The number of benzene rings is 5. The Labute approximate surface area is 219 Å². The van der Waals surface area contributed by atoms with Crippen LogP contribution in [0, 0.1) is 0 Å². The number of rotatable bonds is 4. The molecule has 182 valence electrons. The number of fused-ring (bicyclic) bond motifs is 2. The Kier molecular flexibility index (Phi) is 5.33. The number of aromatic nitrogens is 2. The summed E-state index contributed by atoms with van der Waals surface area (Å²) >= 11 is 0. The third kappa shape index (κ3) is 3.76. The lowest BCUT2D eigenvalue weighted by molar-refractivity contribution is 0.566. The summed E-state index contributed by atoms with van der Waals surface area (Å²) < 4.78 is 1.76.